The Hall–Kier alpha value is -0.790. The molecule has 0 saturated heterocycles. The maximum atomic E-state index is 5.20. The molecule has 1 aromatic heterocycles. The van der Waals surface area contributed by atoms with E-state index in [0.717, 1.165) is 43.2 Å². The molecule has 0 aromatic carbocycles. The van der Waals surface area contributed by atoms with Crippen molar-refractivity contribution in [2.45, 2.75) is 73.3 Å². The third-order valence-corrected chi connectivity index (χ3v) is 4.01. The number of nitrogens with zero attached hydrogens (tertiary/aromatic N) is 2. The van der Waals surface area contributed by atoms with Gasteiger partial charge in [-0.05, 0) is 51.9 Å². The van der Waals surface area contributed by atoms with E-state index in [9.17, 15) is 0 Å². The van der Waals surface area contributed by atoms with Crippen LogP contribution in [-0.2, 0) is 6.42 Å². The summed E-state index contributed by atoms with van der Waals surface area (Å²) < 4.78 is 5.20. The van der Waals surface area contributed by atoms with Gasteiger partial charge < -0.3 is 15.2 Å². The highest BCUT2D eigenvalue weighted by Gasteiger charge is 2.13. The molecule has 0 aliphatic carbocycles. The van der Waals surface area contributed by atoms with Crippen molar-refractivity contribution in [1.82, 2.24) is 15.8 Å². The molecule has 1 atom stereocenters. The maximum absolute atomic E-state index is 5.20. The highest BCUT2D eigenvalue weighted by atomic mass is 127. The monoisotopic (exact) mass is 450 g/mol. The van der Waals surface area contributed by atoms with Crippen LogP contribution in [0.2, 0.25) is 0 Å². The summed E-state index contributed by atoms with van der Waals surface area (Å²) in [6, 6.07) is 0.419. The third-order valence-electron chi connectivity index (χ3n) is 4.01. The maximum Gasteiger partial charge on any atom is 0.191 e. The lowest BCUT2D eigenvalue weighted by Gasteiger charge is -2.23. The second-order valence-electron chi connectivity index (χ2n) is 7.55. The first-order valence-corrected chi connectivity index (χ1v) is 8.62. The number of nitrogens with one attached hydrogen (secondary N) is 2. The molecule has 0 spiro atoms. The highest BCUT2D eigenvalue weighted by molar-refractivity contribution is 14.0. The topological polar surface area (TPSA) is 62.5 Å². The molecular formula is C18H35IN4O. The summed E-state index contributed by atoms with van der Waals surface area (Å²) in [4.78, 5) is 4.31. The Morgan fingerprint density at radius 2 is 1.96 bits per heavy atom. The van der Waals surface area contributed by atoms with Crippen LogP contribution in [-0.4, -0.2) is 30.8 Å². The van der Waals surface area contributed by atoms with Gasteiger partial charge in [-0.25, -0.2) is 0 Å². The first-order valence-electron chi connectivity index (χ1n) is 8.62. The highest BCUT2D eigenvalue weighted by Crippen LogP contribution is 2.21. The van der Waals surface area contributed by atoms with Gasteiger partial charge in [0.25, 0.3) is 0 Å². The van der Waals surface area contributed by atoms with Gasteiger partial charge in [-0.3, -0.25) is 4.99 Å². The van der Waals surface area contributed by atoms with Crippen LogP contribution in [0.3, 0.4) is 0 Å². The number of hydrogen-bond acceptors (Lipinski definition) is 3. The third kappa shape index (κ3) is 8.89. The summed E-state index contributed by atoms with van der Waals surface area (Å²) in [7, 11) is 1.82. The smallest absolute Gasteiger partial charge is 0.191 e. The minimum absolute atomic E-state index is 0. The molecule has 0 bridgehead atoms. The van der Waals surface area contributed by atoms with E-state index in [1.54, 1.807) is 0 Å². The Morgan fingerprint density at radius 1 is 1.29 bits per heavy atom. The van der Waals surface area contributed by atoms with Gasteiger partial charge in [-0.15, -0.1) is 24.0 Å². The van der Waals surface area contributed by atoms with E-state index in [1.165, 1.54) is 12.0 Å². The lowest BCUT2D eigenvalue weighted by Crippen LogP contribution is -2.42. The Kier molecular flexibility index (Phi) is 10.6. The first-order chi connectivity index (χ1) is 10.7. The summed E-state index contributed by atoms with van der Waals surface area (Å²) in [5, 5.41) is 10.8. The largest absolute Gasteiger partial charge is 0.361 e. The van der Waals surface area contributed by atoms with E-state index in [0.29, 0.717) is 11.5 Å². The van der Waals surface area contributed by atoms with Gasteiger partial charge in [-0.2, -0.15) is 0 Å². The zero-order valence-corrected chi connectivity index (χ0v) is 18.7. The molecule has 1 unspecified atom stereocenters. The zero-order valence-electron chi connectivity index (χ0n) is 16.3. The van der Waals surface area contributed by atoms with Gasteiger partial charge in [0, 0.05) is 25.2 Å². The molecule has 140 valence electrons. The molecule has 0 radical (unpaired) electrons. The van der Waals surface area contributed by atoms with Gasteiger partial charge in [0.15, 0.2) is 5.96 Å². The number of aromatic nitrogens is 1. The van der Waals surface area contributed by atoms with Crippen molar-refractivity contribution in [2.24, 2.45) is 10.4 Å². The molecule has 6 heteroatoms. The fourth-order valence-electron chi connectivity index (χ4n) is 2.48. The van der Waals surface area contributed by atoms with Crippen LogP contribution < -0.4 is 10.6 Å². The predicted molar refractivity (Wildman–Crippen MR) is 112 cm³/mol. The van der Waals surface area contributed by atoms with Gasteiger partial charge in [-0.1, -0.05) is 25.9 Å². The first kappa shape index (κ1) is 23.2. The van der Waals surface area contributed by atoms with Gasteiger partial charge in [0.05, 0.1) is 5.69 Å². The van der Waals surface area contributed by atoms with Crippen LogP contribution >= 0.6 is 24.0 Å². The van der Waals surface area contributed by atoms with Crippen molar-refractivity contribution < 1.29 is 4.52 Å². The van der Waals surface area contributed by atoms with E-state index in [4.69, 9.17) is 4.52 Å². The van der Waals surface area contributed by atoms with Crippen molar-refractivity contribution in [3.05, 3.63) is 17.0 Å². The second-order valence-corrected chi connectivity index (χ2v) is 7.55. The number of halogens is 1. The summed E-state index contributed by atoms with van der Waals surface area (Å²) in [5.41, 5.74) is 2.61. The van der Waals surface area contributed by atoms with Crippen molar-refractivity contribution in [1.29, 1.82) is 0 Å². The molecule has 2 N–H and O–H groups in total. The summed E-state index contributed by atoms with van der Waals surface area (Å²) in [6.07, 6.45) is 4.35. The fraction of sp³-hybridized carbons (Fsp3) is 0.778. The van der Waals surface area contributed by atoms with Gasteiger partial charge >= 0.3 is 0 Å². The van der Waals surface area contributed by atoms with Crippen molar-refractivity contribution >= 4 is 29.9 Å². The minimum Gasteiger partial charge on any atom is -0.361 e. The number of guanidine groups is 1. The van der Waals surface area contributed by atoms with Gasteiger partial charge in [0.1, 0.15) is 5.76 Å². The normalized spacial score (nSPS) is 13.4. The SMILES string of the molecule is CN=C(NCCCc1c(C)noc1C)NC(C)CCC(C)(C)C.I. The van der Waals surface area contributed by atoms with Crippen LogP contribution in [0.25, 0.3) is 0 Å². The van der Waals surface area contributed by atoms with E-state index >= 15 is 0 Å². The number of aryl methyl sites for hydroxylation is 2. The molecule has 0 saturated carbocycles. The van der Waals surface area contributed by atoms with E-state index < -0.39 is 0 Å². The molecule has 1 rings (SSSR count). The second kappa shape index (κ2) is 10.9. The summed E-state index contributed by atoms with van der Waals surface area (Å²) in [5.74, 6) is 1.81. The zero-order chi connectivity index (χ0) is 17.5. The Labute approximate surface area is 164 Å². The summed E-state index contributed by atoms with van der Waals surface area (Å²) in [6.45, 7) is 13.9. The number of hydrogen-bond donors (Lipinski definition) is 2. The molecule has 24 heavy (non-hydrogen) atoms. The molecular weight excluding hydrogens is 415 g/mol. The molecule has 0 fully saturated rings. The standard InChI is InChI=1S/C18H34N4O.HI/c1-13(10-11-18(4,5)6)21-17(19-7)20-12-8-9-16-14(2)22-23-15(16)3;/h13H,8-12H2,1-7H3,(H2,19,20,21);1H. The van der Waals surface area contributed by atoms with Crippen LogP contribution in [0.15, 0.2) is 9.52 Å². The van der Waals surface area contributed by atoms with Crippen LogP contribution in [0.5, 0.6) is 0 Å². The molecule has 0 amide bonds. The van der Waals surface area contributed by atoms with Crippen molar-refractivity contribution in [3.8, 4) is 0 Å². The Morgan fingerprint density at radius 3 is 2.46 bits per heavy atom. The predicted octanol–water partition coefficient (Wildman–Crippen LogP) is 4.22. The van der Waals surface area contributed by atoms with E-state index in [1.807, 2.05) is 20.9 Å². The molecule has 1 aromatic rings. The van der Waals surface area contributed by atoms with E-state index in [-0.39, 0.29) is 24.0 Å². The van der Waals surface area contributed by atoms with E-state index in [2.05, 4.69) is 48.5 Å². The molecule has 0 aliphatic heterocycles. The van der Waals surface area contributed by atoms with Crippen LogP contribution in [0.1, 0.15) is 64.0 Å². The van der Waals surface area contributed by atoms with Gasteiger partial charge in [0.2, 0.25) is 0 Å². The van der Waals surface area contributed by atoms with Crippen LogP contribution in [0.4, 0.5) is 0 Å². The lowest BCUT2D eigenvalue weighted by molar-refractivity contribution is 0.346. The quantitative estimate of drug-likeness (QED) is 0.283. The lowest BCUT2D eigenvalue weighted by atomic mass is 9.89. The van der Waals surface area contributed by atoms with Crippen molar-refractivity contribution in [3.63, 3.8) is 0 Å². The molecule has 1 heterocycles. The molecule has 5 nitrogen and oxygen atoms in total. The Bertz CT molecular complexity index is 486. The Balaban J connectivity index is 0.00000529. The summed E-state index contributed by atoms with van der Waals surface area (Å²) >= 11 is 0. The number of rotatable bonds is 7. The average molecular weight is 450 g/mol. The average Bonchev–Trinajstić information content (AvgIpc) is 2.78. The van der Waals surface area contributed by atoms with Crippen molar-refractivity contribution in [2.75, 3.05) is 13.6 Å². The van der Waals surface area contributed by atoms with Crippen LogP contribution in [0, 0.1) is 19.3 Å². The molecule has 0 aliphatic rings. The fourth-order valence-corrected chi connectivity index (χ4v) is 2.48. The minimum atomic E-state index is 0. The number of aliphatic imine (C=N–C) groups is 1.